The zero-order valence-corrected chi connectivity index (χ0v) is 18.2. The first-order valence-corrected chi connectivity index (χ1v) is 11.1. The van der Waals surface area contributed by atoms with Crippen LogP contribution in [-0.4, -0.2) is 10.9 Å². The molecule has 2 aliphatic rings. The number of allylic oxidation sites excluding steroid dienone is 2. The number of hydrogen-bond donors (Lipinski definition) is 1. The van der Waals surface area contributed by atoms with E-state index in [0.717, 1.165) is 56.2 Å². The van der Waals surface area contributed by atoms with Crippen molar-refractivity contribution in [3.63, 3.8) is 0 Å². The molecular weight excluding hydrogens is 396 g/mol. The van der Waals surface area contributed by atoms with Gasteiger partial charge in [-0.3, -0.25) is 4.79 Å². The lowest BCUT2D eigenvalue weighted by molar-refractivity contribution is -0.118. The highest BCUT2D eigenvalue weighted by atomic mass is 16.5. The highest BCUT2D eigenvalue weighted by Crippen LogP contribution is 2.53. The molecule has 0 radical (unpaired) electrons. The highest BCUT2D eigenvalue weighted by Gasteiger charge is 2.43. The van der Waals surface area contributed by atoms with Crippen LogP contribution >= 0.6 is 0 Å². The molecule has 32 heavy (non-hydrogen) atoms. The number of phenols is 1. The first kappa shape index (κ1) is 19.1. The summed E-state index contributed by atoms with van der Waals surface area (Å²) in [6, 6.07) is 24.0. The number of Topliss-reactive ketones (excluding diaryl/α,β-unsaturated/α-hetero) is 1. The molecule has 6 rings (SSSR count). The fraction of sp³-hybridized carbons (Fsp3) is 0.207. The van der Waals surface area contributed by atoms with Gasteiger partial charge in [0.05, 0.1) is 0 Å². The Bertz CT molecular complexity index is 1450. The number of phenolic OH excluding ortho intramolecular Hbond substituents is 1. The molecule has 0 fully saturated rings. The van der Waals surface area contributed by atoms with Gasteiger partial charge in [-0.2, -0.15) is 0 Å². The Labute approximate surface area is 187 Å². The number of rotatable bonds is 1. The van der Waals surface area contributed by atoms with Gasteiger partial charge in [0.2, 0.25) is 0 Å². The molecular formula is C29H24O3. The number of aromatic hydroxyl groups is 1. The average Bonchev–Trinajstić information content (AvgIpc) is 2.76. The van der Waals surface area contributed by atoms with E-state index in [1.165, 1.54) is 0 Å². The number of benzene rings is 4. The van der Waals surface area contributed by atoms with Crippen molar-refractivity contribution in [3.8, 4) is 11.5 Å². The van der Waals surface area contributed by atoms with E-state index in [1.807, 2.05) is 30.3 Å². The summed E-state index contributed by atoms with van der Waals surface area (Å²) in [5.41, 5.74) is 2.78. The van der Waals surface area contributed by atoms with Gasteiger partial charge in [-0.1, -0.05) is 68.4 Å². The lowest BCUT2D eigenvalue weighted by atomic mass is 9.69. The molecule has 1 aliphatic heterocycles. The van der Waals surface area contributed by atoms with Crippen LogP contribution in [0.1, 0.15) is 43.7 Å². The monoisotopic (exact) mass is 420 g/mol. The molecule has 1 N–H and O–H groups in total. The summed E-state index contributed by atoms with van der Waals surface area (Å²) >= 11 is 0. The molecule has 0 bridgehead atoms. The predicted octanol–water partition coefficient (Wildman–Crippen LogP) is 6.87. The zero-order valence-electron chi connectivity index (χ0n) is 18.2. The van der Waals surface area contributed by atoms with Crippen molar-refractivity contribution in [2.45, 2.75) is 32.6 Å². The van der Waals surface area contributed by atoms with Crippen molar-refractivity contribution < 1.29 is 14.6 Å². The topological polar surface area (TPSA) is 46.5 Å². The van der Waals surface area contributed by atoms with Crippen LogP contribution in [0.2, 0.25) is 0 Å². The fourth-order valence-corrected chi connectivity index (χ4v) is 5.49. The minimum Gasteiger partial charge on any atom is -0.508 e. The molecule has 1 heterocycles. The maximum absolute atomic E-state index is 13.6. The van der Waals surface area contributed by atoms with Crippen molar-refractivity contribution in [1.29, 1.82) is 0 Å². The molecule has 1 unspecified atom stereocenters. The fourth-order valence-electron chi connectivity index (χ4n) is 5.49. The van der Waals surface area contributed by atoms with Crippen molar-refractivity contribution in [2.75, 3.05) is 0 Å². The molecule has 3 heteroatoms. The summed E-state index contributed by atoms with van der Waals surface area (Å²) < 4.78 is 6.44. The molecule has 3 nitrogen and oxygen atoms in total. The van der Waals surface area contributed by atoms with Crippen LogP contribution in [0, 0.1) is 5.41 Å². The van der Waals surface area contributed by atoms with Gasteiger partial charge in [-0.05, 0) is 50.7 Å². The SMILES string of the molecule is CC1(C)CC(=O)C2=C(C1)Oc1ccc3cc(O)ccc3c1C2c1cccc2ccccc12. The summed E-state index contributed by atoms with van der Waals surface area (Å²) in [7, 11) is 0. The third-order valence-corrected chi connectivity index (χ3v) is 6.83. The van der Waals surface area contributed by atoms with Crippen molar-refractivity contribution in [3.05, 3.63) is 95.3 Å². The van der Waals surface area contributed by atoms with E-state index in [9.17, 15) is 9.90 Å². The van der Waals surface area contributed by atoms with Crippen LogP contribution in [0.15, 0.2) is 84.1 Å². The van der Waals surface area contributed by atoms with Gasteiger partial charge in [0, 0.05) is 29.9 Å². The second-order valence-corrected chi connectivity index (χ2v) is 9.76. The number of carbonyl (C=O) groups excluding carboxylic acids is 1. The van der Waals surface area contributed by atoms with Crippen LogP contribution < -0.4 is 4.74 Å². The molecule has 0 saturated heterocycles. The van der Waals surface area contributed by atoms with Gasteiger partial charge in [0.25, 0.3) is 0 Å². The van der Waals surface area contributed by atoms with E-state index in [2.05, 4.69) is 44.2 Å². The van der Waals surface area contributed by atoms with E-state index >= 15 is 0 Å². The first-order valence-electron chi connectivity index (χ1n) is 11.1. The van der Waals surface area contributed by atoms with Crippen LogP contribution in [0.3, 0.4) is 0 Å². The standard InChI is InChI=1S/C29H24O3/c1-29(2)15-23(31)28-25(16-29)32-24-13-10-18-14-19(30)11-12-21(18)26(24)27(28)22-9-5-7-17-6-3-4-8-20(17)22/h3-14,27,30H,15-16H2,1-2H3. The van der Waals surface area contributed by atoms with Crippen LogP contribution in [0.25, 0.3) is 21.5 Å². The third-order valence-electron chi connectivity index (χ3n) is 6.83. The van der Waals surface area contributed by atoms with Gasteiger partial charge in [0.1, 0.15) is 17.3 Å². The maximum Gasteiger partial charge on any atom is 0.163 e. The molecule has 1 atom stereocenters. The number of carbonyl (C=O) groups is 1. The normalized spacial score (nSPS) is 19.6. The lowest BCUT2D eigenvalue weighted by Crippen LogP contribution is -2.33. The van der Waals surface area contributed by atoms with Crippen molar-refractivity contribution >= 4 is 27.3 Å². The Hall–Kier alpha value is -3.59. The van der Waals surface area contributed by atoms with Crippen LogP contribution in [-0.2, 0) is 4.79 Å². The van der Waals surface area contributed by atoms with E-state index in [-0.39, 0.29) is 22.9 Å². The molecule has 0 spiro atoms. The average molecular weight is 421 g/mol. The quantitative estimate of drug-likeness (QED) is 0.366. The maximum atomic E-state index is 13.6. The van der Waals surface area contributed by atoms with E-state index < -0.39 is 0 Å². The minimum atomic E-state index is -0.211. The molecule has 1 aliphatic carbocycles. The number of hydrogen-bond acceptors (Lipinski definition) is 3. The Kier molecular flexibility index (Phi) is 4.00. The van der Waals surface area contributed by atoms with Gasteiger partial charge in [-0.25, -0.2) is 0 Å². The van der Waals surface area contributed by atoms with Gasteiger partial charge in [0.15, 0.2) is 5.78 Å². The Morgan fingerprint density at radius 3 is 2.56 bits per heavy atom. The number of fused-ring (bicyclic) bond motifs is 4. The van der Waals surface area contributed by atoms with E-state index in [4.69, 9.17) is 4.74 Å². The molecule has 4 aromatic carbocycles. The van der Waals surface area contributed by atoms with E-state index in [0.29, 0.717) is 6.42 Å². The van der Waals surface area contributed by atoms with Gasteiger partial charge in [-0.15, -0.1) is 0 Å². The summed E-state index contributed by atoms with van der Waals surface area (Å²) in [6.45, 7) is 4.26. The molecule has 158 valence electrons. The van der Waals surface area contributed by atoms with Crippen molar-refractivity contribution in [2.24, 2.45) is 5.41 Å². The second kappa shape index (κ2) is 6.70. The van der Waals surface area contributed by atoms with Gasteiger partial charge < -0.3 is 9.84 Å². The van der Waals surface area contributed by atoms with Crippen LogP contribution in [0.4, 0.5) is 0 Å². The molecule has 0 aromatic heterocycles. The smallest absolute Gasteiger partial charge is 0.163 e. The lowest BCUT2D eigenvalue weighted by Gasteiger charge is -2.39. The van der Waals surface area contributed by atoms with Crippen LogP contribution in [0.5, 0.6) is 11.5 Å². The number of ether oxygens (including phenoxy) is 1. The Morgan fingerprint density at radius 2 is 1.69 bits per heavy atom. The predicted molar refractivity (Wildman–Crippen MR) is 127 cm³/mol. The molecule has 4 aromatic rings. The third kappa shape index (κ3) is 2.85. The second-order valence-electron chi connectivity index (χ2n) is 9.76. The summed E-state index contributed by atoms with van der Waals surface area (Å²) in [5.74, 6) is 1.78. The molecule has 0 saturated carbocycles. The number of ketones is 1. The highest BCUT2D eigenvalue weighted by molar-refractivity contribution is 6.03. The van der Waals surface area contributed by atoms with E-state index in [1.54, 1.807) is 12.1 Å². The minimum absolute atomic E-state index is 0.126. The summed E-state index contributed by atoms with van der Waals surface area (Å²) in [5, 5.41) is 14.3. The molecule has 0 amide bonds. The Balaban J connectivity index is 1.71. The first-order chi connectivity index (χ1) is 15.4. The Morgan fingerprint density at radius 1 is 0.875 bits per heavy atom. The zero-order chi connectivity index (χ0) is 22.0. The summed E-state index contributed by atoms with van der Waals surface area (Å²) in [4.78, 5) is 13.6. The largest absolute Gasteiger partial charge is 0.508 e. The van der Waals surface area contributed by atoms with Crippen molar-refractivity contribution in [1.82, 2.24) is 0 Å². The summed E-state index contributed by atoms with van der Waals surface area (Å²) in [6.07, 6.45) is 1.25. The van der Waals surface area contributed by atoms with Gasteiger partial charge >= 0.3 is 0 Å².